The number of likely N-dealkylation sites (tertiary alicyclic amines) is 1. The van der Waals surface area contributed by atoms with Crippen molar-refractivity contribution in [2.24, 2.45) is 5.92 Å². The third kappa shape index (κ3) is 4.70. The van der Waals surface area contributed by atoms with E-state index in [9.17, 15) is 4.79 Å². The molecule has 2 saturated heterocycles. The molecule has 2 aliphatic rings. The van der Waals surface area contributed by atoms with E-state index in [1.165, 1.54) is 31.2 Å². The van der Waals surface area contributed by atoms with Gasteiger partial charge in [-0.25, -0.2) is 9.97 Å². The number of hydrogen-bond acceptors (Lipinski definition) is 4. The Kier molecular flexibility index (Phi) is 6.20. The predicted octanol–water partition coefficient (Wildman–Crippen LogP) is 3.95. The van der Waals surface area contributed by atoms with Gasteiger partial charge < -0.3 is 9.80 Å². The van der Waals surface area contributed by atoms with Crippen LogP contribution in [0, 0.1) is 5.92 Å². The second-order valence-corrected chi connectivity index (χ2v) is 8.09. The van der Waals surface area contributed by atoms with Crippen LogP contribution >= 0.6 is 0 Å². The van der Waals surface area contributed by atoms with Gasteiger partial charge in [-0.15, -0.1) is 0 Å². The third-order valence-electron chi connectivity index (χ3n) is 6.06. The minimum absolute atomic E-state index is 0.0301. The molecule has 0 unspecified atom stereocenters. The summed E-state index contributed by atoms with van der Waals surface area (Å²) in [4.78, 5) is 25.9. The molecule has 1 amide bonds. The Hall–Kier alpha value is -2.43. The molecular weight excluding hydrogens is 348 g/mol. The van der Waals surface area contributed by atoms with Crippen LogP contribution < -0.4 is 4.90 Å². The van der Waals surface area contributed by atoms with Gasteiger partial charge in [0.2, 0.25) is 0 Å². The summed E-state index contributed by atoms with van der Waals surface area (Å²) in [6.07, 6.45) is 11.6. The topological polar surface area (TPSA) is 49.3 Å². The molecule has 3 heterocycles. The van der Waals surface area contributed by atoms with Gasteiger partial charge in [0, 0.05) is 26.2 Å². The van der Waals surface area contributed by atoms with E-state index in [0.717, 1.165) is 57.2 Å². The number of nitrogens with zero attached hydrogens (tertiary/aromatic N) is 4. The van der Waals surface area contributed by atoms with Crippen LogP contribution in [0.25, 0.3) is 0 Å². The third-order valence-corrected chi connectivity index (χ3v) is 6.06. The van der Waals surface area contributed by atoms with Gasteiger partial charge in [0.1, 0.15) is 11.5 Å². The molecule has 1 aromatic carbocycles. The number of carbonyl (C=O) groups is 1. The maximum atomic E-state index is 12.7. The van der Waals surface area contributed by atoms with Gasteiger partial charge >= 0.3 is 0 Å². The number of rotatable bonds is 4. The van der Waals surface area contributed by atoms with Gasteiger partial charge in [0.25, 0.3) is 5.91 Å². The van der Waals surface area contributed by atoms with Crippen LogP contribution in [0.2, 0.25) is 0 Å². The lowest BCUT2D eigenvalue weighted by atomic mass is 9.90. The number of hydrogen-bond donors (Lipinski definition) is 0. The van der Waals surface area contributed by atoms with Crippen LogP contribution in [0.1, 0.15) is 54.6 Å². The first-order valence-corrected chi connectivity index (χ1v) is 10.7. The Bertz CT molecular complexity index is 746. The lowest BCUT2D eigenvalue weighted by Gasteiger charge is -2.32. The summed E-state index contributed by atoms with van der Waals surface area (Å²) in [7, 11) is 0. The highest BCUT2D eigenvalue weighted by Gasteiger charge is 2.22. The van der Waals surface area contributed by atoms with E-state index in [1.807, 2.05) is 4.90 Å². The summed E-state index contributed by atoms with van der Waals surface area (Å²) in [5.41, 5.74) is 1.90. The minimum atomic E-state index is 0.0301. The maximum Gasteiger partial charge on any atom is 0.274 e. The van der Waals surface area contributed by atoms with Crippen molar-refractivity contribution in [3.8, 4) is 0 Å². The Morgan fingerprint density at radius 2 is 1.61 bits per heavy atom. The predicted molar refractivity (Wildman–Crippen MR) is 111 cm³/mol. The standard InChI is InChI=1S/C23H30N4O/c28-23(27-12-6-1-2-7-13-27)21-17-25-22(18-24-21)26-14-10-20(11-15-26)16-19-8-4-3-5-9-19/h3-5,8-9,17-18,20H,1-2,6-7,10-16H2. The minimum Gasteiger partial charge on any atom is -0.355 e. The normalized spacial score (nSPS) is 18.7. The highest BCUT2D eigenvalue weighted by molar-refractivity contribution is 5.92. The van der Waals surface area contributed by atoms with Crippen molar-refractivity contribution in [2.75, 3.05) is 31.1 Å². The summed E-state index contributed by atoms with van der Waals surface area (Å²) in [6.45, 7) is 3.70. The number of aromatic nitrogens is 2. The van der Waals surface area contributed by atoms with Crippen molar-refractivity contribution >= 4 is 11.7 Å². The van der Waals surface area contributed by atoms with Crippen LogP contribution in [-0.2, 0) is 6.42 Å². The molecule has 2 fully saturated rings. The molecule has 2 aromatic rings. The fourth-order valence-electron chi connectivity index (χ4n) is 4.34. The number of piperidine rings is 1. The highest BCUT2D eigenvalue weighted by Crippen LogP contribution is 2.24. The monoisotopic (exact) mass is 378 g/mol. The van der Waals surface area contributed by atoms with Gasteiger partial charge in [-0.2, -0.15) is 0 Å². The molecule has 0 aliphatic carbocycles. The Balaban J connectivity index is 1.31. The zero-order valence-corrected chi connectivity index (χ0v) is 16.6. The van der Waals surface area contributed by atoms with Gasteiger partial charge in [-0.1, -0.05) is 43.2 Å². The van der Waals surface area contributed by atoms with Crippen LogP contribution in [0.4, 0.5) is 5.82 Å². The molecule has 28 heavy (non-hydrogen) atoms. The molecule has 0 radical (unpaired) electrons. The van der Waals surface area contributed by atoms with E-state index in [2.05, 4.69) is 45.2 Å². The molecule has 4 rings (SSSR count). The van der Waals surface area contributed by atoms with Crippen molar-refractivity contribution in [1.82, 2.24) is 14.9 Å². The molecule has 2 aliphatic heterocycles. The van der Waals surface area contributed by atoms with Crippen molar-refractivity contribution in [1.29, 1.82) is 0 Å². The molecule has 148 valence electrons. The average molecular weight is 379 g/mol. The van der Waals surface area contributed by atoms with Crippen LogP contribution in [0.15, 0.2) is 42.7 Å². The SMILES string of the molecule is O=C(c1cnc(N2CCC(Cc3ccccc3)CC2)cn1)N1CCCCCC1. The first-order chi connectivity index (χ1) is 13.8. The van der Waals surface area contributed by atoms with Gasteiger partial charge in [0.05, 0.1) is 12.4 Å². The number of amides is 1. The van der Waals surface area contributed by atoms with E-state index < -0.39 is 0 Å². The summed E-state index contributed by atoms with van der Waals surface area (Å²) in [5.74, 6) is 1.66. The van der Waals surface area contributed by atoms with E-state index in [0.29, 0.717) is 5.69 Å². The first-order valence-electron chi connectivity index (χ1n) is 10.7. The molecule has 0 atom stereocenters. The quantitative estimate of drug-likeness (QED) is 0.808. The highest BCUT2D eigenvalue weighted by atomic mass is 16.2. The average Bonchev–Trinajstić information content (AvgIpc) is 3.04. The van der Waals surface area contributed by atoms with Crippen LogP contribution in [-0.4, -0.2) is 47.0 Å². The summed E-state index contributed by atoms with van der Waals surface area (Å²) >= 11 is 0. The lowest BCUT2D eigenvalue weighted by molar-refractivity contribution is 0.0755. The molecule has 0 spiro atoms. The lowest BCUT2D eigenvalue weighted by Crippen LogP contribution is -2.35. The fraction of sp³-hybridized carbons (Fsp3) is 0.522. The molecule has 5 nitrogen and oxygen atoms in total. The van der Waals surface area contributed by atoms with E-state index >= 15 is 0 Å². The fourth-order valence-corrected chi connectivity index (χ4v) is 4.34. The Morgan fingerprint density at radius 3 is 2.25 bits per heavy atom. The van der Waals surface area contributed by atoms with Gasteiger partial charge in [-0.3, -0.25) is 4.79 Å². The van der Waals surface area contributed by atoms with Crippen molar-refractivity contribution in [3.63, 3.8) is 0 Å². The van der Waals surface area contributed by atoms with Gasteiger partial charge in [0.15, 0.2) is 0 Å². The molecular formula is C23H30N4O. The second kappa shape index (κ2) is 9.18. The number of benzene rings is 1. The zero-order chi connectivity index (χ0) is 19.2. The Morgan fingerprint density at radius 1 is 0.893 bits per heavy atom. The molecule has 0 saturated carbocycles. The number of carbonyl (C=O) groups excluding carboxylic acids is 1. The number of anilines is 1. The first kappa shape index (κ1) is 18.9. The van der Waals surface area contributed by atoms with Crippen molar-refractivity contribution < 1.29 is 4.79 Å². The molecule has 0 bridgehead atoms. The Labute approximate surface area is 167 Å². The molecule has 5 heteroatoms. The van der Waals surface area contributed by atoms with E-state index in [1.54, 1.807) is 12.4 Å². The summed E-state index contributed by atoms with van der Waals surface area (Å²) in [6, 6.07) is 10.8. The largest absolute Gasteiger partial charge is 0.355 e. The second-order valence-electron chi connectivity index (χ2n) is 8.09. The van der Waals surface area contributed by atoms with E-state index in [-0.39, 0.29) is 5.91 Å². The summed E-state index contributed by atoms with van der Waals surface area (Å²) < 4.78 is 0. The van der Waals surface area contributed by atoms with Crippen LogP contribution in [0.3, 0.4) is 0 Å². The van der Waals surface area contributed by atoms with Gasteiger partial charge in [-0.05, 0) is 43.6 Å². The van der Waals surface area contributed by atoms with Crippen LogP contribution in [0.5, 0.6) is 0 Å². The van der Waals surface area contributed by atoms with E-state index in [4.69, 9.17) is 0 Å². The molecule has 1 aromatic heterocycles. The summed E-state index contributed by atoms with van der Waals surface area (Å²) in [5, 5.41) is 0. The maximum absolute atomic E-state index is 12.7. The smallest absolute Gasteiger partial charge is 0.274 e. The van der Waals surface area contributed by atoms with Crippen molar-refractivity contribution in [2.45, 2.75) is 44.9 Å². The van der Waals surface area contributed by atoms with Crippen molar-refractivity contribution in [3.05, 3.63) is 54.0 Å². The zero-order valence-electron chi connectivity index (χ0n) is 16.6. The molecule has 0 N–H and O–H groups in total.